The molecule has 0 saturated carbocycles. The molecule has 0 bridgehead atoms. The van der Waals surface area contributed by atoms with E-state index in [1.54, 1.807) is 0 Å². The van der Waals surface area contributed by atoms with Crippen molar-refractivity contribution in [2.45, 2.75) is 20.3 Å². The molecule has 0 unspecified atom stereocenters. The first kappa shape index (κ1) is 11.0. The summed E-state index contributed by atoms with van der Waals surface area (Å²) in [6, 6.07) is 0. The molecule has 0 fully saturated rings. The van der Waals surface area contributed by atoms with Gasteiger partial charge in [0.1, 0.15) is 0 Å². The molecule has 0 heterocycles. The minimum atomic E-state index is -0.713. The van der Waals surface area contributed by atoms with Gasteiger partial charge in [-0.15, -0.1) is 0 Å². The van der Waals surface area contributed by atoms with Gasteiger partial charge in [0.25, 0.3) is 0 Å². The van der Waals surface area contributed by atoms with E-state index >= 15 is 0 Å². The maximum absolute atomic E-state index is 9.81. The number of hydrogen-bond donors (Lipinski definition) is 1. The Kier molecular flexibility index (Phi) is 7.18. The fourth-order valence-corrected chi connectivity index (χ4v) is 0.349. The number of rotatable bonds is 2. The van der Waals surface area contributed by atoms with Crippen molar-refractivity contribution in [1.29, 1.82) is 0 Å². The third kappa shape index (κ3) is 9.43. The van der Waals surface area contributed by atoms with E-state index in [0.717, 1.165) is 0 Å². The standard InChI is InChI=1S/C5H10O2.Zn/c1-4(2)3-5(6)7;/h4H,3H2,1-2H3,(H,6,7);/q;+2. The maximum Gasteiger partial charge on any atom is 2.00 e. The molecule has 8 heavy (non-hydrogen) atoms. The largest absolute Gasteiger partial charge is 2.00 e. The van der Waals surface area contributed by atoms with Crippen LogP contribution in [0.4, 0.5) is 0 Å². The summed E-state index contributed by atoms with van der Waals surface area (Å²) in [6.45, 7) is 3.77. The summed E-state index contributed by atoms with van der Waals surface area (Å²) in [5.74, 6) is -0.438. The molecule has 0 aliphatic heterocycles. The van der Waals surface area contributed by atoms with E-state index in [1.165, 1.54) is 0 Å². The van der Waals surface area contributed by atoms with Gasteiger partial charge in [-0.1, -0.05) is 13.8 Å². The van der Waals surface area contributed by atoms with Gasteiger partial charge >= 0.3 is 25.4 Å². The Morgan fingerprint density at radius 2 is 2.00 bits per heavy atom. The van der Waals surface area contributed by atoms with E-state index in [4.69, 9.17) is 5.11 Å². The van der Waals surface area contributed by atoms with Gasteiger partial charge in [-0.05, 0) is 5.92 Å². The normalized spacial score (nSPS) is 8.38. The van der Waals surface area contributed by atoms with Crippen LogP contribution in [0.3, 0.4) is 0 Å². The van der Waals surface area contributed by atoms with E-state index in [2.05, 4.69) is 0 Å². The van der Waals surface area contributed by atoms with E-state index in [-0.39, 0.29) is 31.8 Å². The molecular formula is C5H10O2Zn+2. The fourth-order valence-electron chi connectivity index (χ4n) is 0.349. The van der Waals surface area contributed by atoms with Gasteiger partial charge in [0.2, 0.25) is 0 Å². The van der Waals surface area contributed by atoms with Gasteiger partial charge in [-0.25, -0.2) is 0 Å². The number of aliphatic carboxylic acids is 1. The molecule has 0 aliphatic rings. The third-order valence-electron chi connectivity index (χ3n) is 0.583. The van der Waals surface area contributed by atoms with Gasteiger partial charge in [-0.2, -0.15) is 0 Å². The molecule has 0 saturated heterocycles. The Morgan fingerprint density at radius 3 is 2.00 bits per heavy atom. The average Bonchev–Trinajstić information content (AvgIpc) is 1.27. The molecule has 0 spiro atoms. The summed E-state index contributed by atoms with van der Waals surface area (Å²) in [5, 5.41) is 8.08. The molecule has 1 N–H and O–H groups in total. The molecule has 3 heteroatoms. The molecule has 42 valence electrons. The minimum absolute atomic E-state index is 0. The Hall–Kier alpha value is 0.0934. The van der Waals surface area contributed by atoms with Crippen molar-refractivity contribution in [3.8, 4) is 0 Å². The molecular weight excluding hydrogens is 157 g/mol. The van der Waals surface area contributed by atoms with Crippen LogP contribution in [0.5, 0.6) is 0 Å². The van der Waals surface area contributed by atoms with Crippen molar-refractivity contribution in [3.63, 3.8) is 0 Å². The second kappa shape index (κ2) is 5.23. The van der Waals surface area contributed by atoms with E-state index in [9.17, 15) is 4.79 Å². The van der Waals surface area contributed by atoms with Crippen molar-refractivity contribution in [3.05, 3.63) is 0 Å². The predicted octanol–water partition coefficient (Wildman–Crippen LogP) is 1.11. The number of hydrogen-bond acceptors (Lipinski definition) is 1. The van der Waals surface area contributed by atoms with Crippen molar-refractivity contribution >= 4 is 5.97 Å². The van der Waals surface area contributed by atoms with Crippen molar-refractivity contribution in [2.24, 2.45) is 5.92 Å². The van der Waals surface area contributed by atoms with Gasteiger partial charge in [0.15, 0.2) is 0 Å². The first-order chi connectivity index (χ1) is 3.13. The molecule has 0 aromatic rings. The number of carboxylic acids is 1. The fraction of sp³-hybridized carbons (Fsp3) is 0.800. The van der Waals surface area contributed by atoms with Crippen LogP contribution in [0.2, 0.25) is 0 Å². The number of carboxylic acid groups (broad SMARTS) is 1. The summed E-state index contributed by atoms with van der Waals surface area (Å²) in [5.41, 5.74) is 0. The molecule has 0 radical (unpaired) electrons. The molecule has 2 nitrogen and oxygen atoms in total. The van der Waals surface area contributed by atoms with Gasteiger partial charge in [0.05, 0.1) is 0 Å². The second-order valence-corrected chi connectivity index (χ2v) is 1.99. The summed E-state index contributed by atoms with van der Waals surface area (Å²) in [6.07, 6.45) is 0.278. The SMILES string of the molecule is CC(C)CC(=O)O.[Zn+2]. The maximum atomic E-state index is 9.81. The zero-order chi connectivity index (χ0) is 5.86. The van der Waals surface area contributed by atoms with Crippen LogP contribution in [0.15, 0.2) is 0 Å². The van der Waals surface area contributed by atoms with E-state index < -0.39 is 5.97 Å². The quantitative estimate of drug-likeness (QED) is 0.626. The smallest absolute Gasteiger partial charge is 0.481 e. The molecule has 0 atom stereocenters. The number of carbonyl (C=O) groups is 1. The average molecular weight is 168 g/mol. The molecule has 0 aliphatic carbocycles. The van der Waals surface area contributed by atoms with Crippen molar-refractivity contribution in [2.75, 3.05) is 0 Å². The molecule has 0 aromatic carbocycles. The Morgan fingerprint density at radius 1 is 1.62 bits per heavy atom. The third-order valence-corrected chi connectivity index (χ3v) is 0.583. The van der Waals surface area contributed by atoms with Crippen LogP contribution < -0.4 is 0 Å². The van der Waals surface area contributed by atoms with Crippen LogP contribution >= 0.6 is 0 Å². The molecule has 0 aromatic heterocycles. The van der Waals surface area contributed by atoms with E-state index in [0.29, 0.717) is 0 Å². The summed E-state index contributed by atoms with van der Waals surface area (Å²) in [7, 11) is 0. The predicted molar refractivity (Wildman–Crippen MR) is 27.1 cm³/mol. The van der Waals surface area contributed by atoms with Gasteiger partial charge < -0.3 is 5.11 Å². The molecule has 0 amide bonds. The van der Waals surface area contributed by atoms with Crippen LogP contribution in [0.1, 0.15) is 20.3 Å². The van der Waals surface area contributed by atoms with Crippen LogP contribution in [-0.2, 0) is 24.3 Å². The zero-order valence-corrected chi connectivity index (χ0v) is 8.31. The Bertz CT molecular complexity index is 70.8. The summed E-state index contributed by atoms with van der Waals surface area (Å²) in [4.78, 5) is 9.81. The van der Waals surface area contributed by atoms with Crippen molar-refractivity contribution < 1.29 is 29.4 Å². The zero-order valence-electron chi connectivity index (χ0n) is 5.35. The first-order valence-electron chi connectivity index (χ1n) is 2.34. The van der Waals surface area contributed by atoms with Crippen LogP contribution in [0, 0.1) is 5.92 Å². The van der Waals surface area contributed by atoms with E-state index in [1.807, 2.05) is 13.8 Å². The summed E-state index contributed by atoms with van der Waals surface area (Å²) < 4.78 is 0. The molecule has 0 rings (SSSR count). The van der Waals surface area contributed by atoms with Crippen molar-refractivity contribution in [1.82, 2.24) is 0 Å². The Labute approximate surface area is 62.0 Å². The van der Waals surface area contributed by atoms with Gasteiger partial charge in [-0.3, -0.25) is 4.79 Å². The first-order valence-corrected chi connectivity index (χ1v) is 2.34. The summed E-state index contributed by atoms with van der Waals surface area (Å²) >= 11 is 0. The van der Waals surface area contributed by atoms with Crippen LogP contribution in [-0.4, -0.2) is 11.1 Å². The van der Waals surface area contributed by atoms with Crippen LogP contribution in [0.25, 0.3) is 0 Å². The second-order valence-electron chi connectivity index (χ2n) is 1.99. The minimum Gasteiger partial charge on any atom is -0.481 e. The Balaban J connectivity index is 0. The monoisotopic (exact) mass is 166 g/mol. The topological polar surface area (TPSA) is 37.3 Å². The van der Waals surface area contributed by atoms with Gasteiger partial charge in [0, 0.05) is 6.42 Å².